The molecule has 90 valence electrons. The number of nitrogens with zero attached hydrogens (tertiary/aromatic N) is 1. The van der Waals surface area contributed by atoms with E-state index in [0.717, 1.165) is 36.9 Å². The first-order valence-electron chi connectivity index (χ1n) is 6.13. The number of hydrogen-bond acceptors (Lipinski definition) is 3. The molecular formula is C12H21N3O. The summed E-state index contributed by atoms with van der Waals surface area (Å²) in [6.45, 7) is 3.05. The summed E-state index contributed by atoms with van der Waals surface area (Å²) in [5.74, 6) is 0.956. The van der Waals surface area contributed by atoms with E-state index in [2.05, 4.69) is 22.2 Å². The van der Waals surface area contributed by atoms with Gasteiger partial charge in [0.1, 0.15) is 11.9 Å². The lowest BCUT2D eigenvalue weighted by atomic mass is 10.2. The van der Waals surface area contributed by atoms with Gasteiger partial charge in [0.05, 0.1) is 0 Å². The highest BCUT2D eigenvalue weighted by Gasteiger charge is 2.20. The first kappa shape index (κ1) is 11.6. The molecule has 1 unspecified atom stereocenters. The number of rotatable bonds is 7. The third-order valence-corrected chi connectivity index (χ3v) is 2.95. The van der Waals surface area contributed by atoms with Crippen molar-refractivity contribution in [3.8, 4) is 0 Å². The van der Waals surface area contributed by atoms with Crippen LogP contribution in [-0.2, 0) is 11.3 Å². The highest BCUT2D eigenvalue weighted by atomic mass is 16.5. The Kier molecular flexibility index (Phi) is 3.96. The summed E-state index contributed by atoms with van der Waals surface area (Å²) in [5.41, 5.74) is 1.15. The van der Waals surface area contributed by atoms with Gasteiger partial charge in [0, 0.05) is 31.6 Å². The van der Waals surface area contributed by atoms with Gasteiger partial charge in [-0.3, -0.25) is 0 Å². The first-order chi connectivity index (χ1) is 7.83. The SMILES string of the molecule is CCCC(OC)c1ncc(CNC2CC2)[nH]1. The molecule has 2 N–H and O–H groups in total. The monoisotopic (exact) mass is 223 g/mol. The largest absolute Gasteiger partial charge is 0.374 e. The van der Waals surface area contributed by atoms with Crippen LogP contribution in [0.4, 0.5) is 0 Å². The van der Waals surface area contributed by atoms with Crippen LogP contribution in [-0.4, -0.2) is 23.1 Å². The zero-order valence-corrected chi connectivity index (χ0v) is 10.1. The van der Waals surface area contributed by atoms with Crippen molar-refractivity contribution in [2.45, 2.75) is 51.3 Å². The molecule has 0 aromatic carbocycles. The molecule has 4 heteroatoms. The lowest BCUT2D eigenvalue weighted by Gasteiger charge is -2.10. The van der Waals surface area contributed by atoms with E-state index in [9.17, 15) is 0 Å². The zero-order valence-electron chi connectivity index (χ0n) is 10.1. The average molecular weight is 223 g/mol. The molecule has 1 atom stereocenters. The number of aromatic nitrogens is 2. The lowest BCUT2D eigenvalue weighted by molar-refractivity contribution is 0.0882. The fourth-order valence-corrected chi connectivity index (χ4v) is 1.80. The lowest BCUT2D eigenvalue weighted by Crippen LogP contribution is -2.15. The Labute approximate surface area is 96.8 Å². The van der Waals surface area contributed by atoms with Gasteiger partial charge >= 0.3 is 0 Å². The van der Waals surface area contributed by atoms with Gasteiger partial charge in [0.2, 0.25) is 0 Å². The van der Waals surface area contributed by atoms with Crippen LogP contribution in [0.15, 0.2) is 6.20 Å². The van der Waals surface area contributed by atoms with Crippen molar-refractivity contribution < 1.29 is 4.74 Å². The van der Waals surface area contributed by atoms with Crippen molar-refractivity contribution in [1.82, 2.24) is 15.3 Å². The maximum atomic E-state index is 5.41. The number of hydrogen-bond donors (Lipinski definition) is 2. The Morgan fingerprint density at radius 3 is 3.06 bits per heavy atom. The predicted octanol–water partition coefficient (Wildman–Crippen LogP) is 2.15. The van der Waals surface area contributed by atoms with Gasteiger partial charge in [-0.25, -0.2) is 4.98 Å². The zero-order chi connectivity index (χ0) is 11.4. The van der Waals surface area contributed by atoms with Crippen molar-refractivity contribution in [1.29, 1.82) is 0 Å². The predicted molar refractivity (Wildman–Crippen MR) is 63.1 cm³/mol. The first-order valence-corrected chi connectivity index (χ1v) is 6.13. The van der Waals surface area contributed by atoms with E-state index < -0.39 is 0 Å². The Hall–Kier alpha value is -0.870. The van der Waals surface area contributed by atoms with Crippen LogP contribution < -0.4 is 5.32 Å². The summed E-state index contributed by atoms with van der Waals surface area (Å²) < 4.78 is 5.41. The van der Waals surface area contributed by atoms with E-state index in [1.165, 1.54) is 12.8 Å². The van der Waals surface area contributed by atoms with E-state index in [1.807, 2.05) is 6.20 Å². The van der Waals surface area contributed by atoms with E-state index in [1.54, 1.807) is 7.11 Å². The molecule has 1 aliphatic rings. The van der Waals surface area contributed by atoms with E-state index in [-0.39, 0.29) is 6.10 Å². The molecular weight excluding hydrogens is 202 g/mol. The standard InChI is InChI=1S/C12H21N3O/c1-3-4-11(16-2)12-14-8-10(15-12)7-13-9-5-6-9/h8-9,11,13H,3-7H2,1-2H3,(H,14,15). The second kappa shape index (κ2) is 5.46. The molecule has 0 amide bonds. The third-order valence-electron chi connectivity index (χ3n) is 2.95. The summed E-state index contributed by atoms with van der Waals surface area (Å²) in [6.07, 6.45) is 6.77. The second-order valence-corrected chi connectivity index (χ2v) is 4.46. The number of imidazole rings is 1. The van der Waals surface area contributed by atoms with Crippen LogP contribution in [0.5, 0.6) is 0 Å². The molecule has 0 bridgehead atoms. The minimum atomic E-state index is 0.111. The minimum Gasteiger partial charge on any atom is -0.374 e. The number of H-pyrrole nitrogens is 1. The van der Waals surface area contributed by atoms with Gasteiger partial charge < -0.3 is 15.0 Å². The molecule has 0 saturated heterocycles. The summed E-state index contributed by atoms with van der Waals surface area (Å²) in [7, 11) is 1.74. The molecule has 1 aromatic heterocycles. The second-order valence-electron chi connectivity index (χ2n) is 4.46. The van der Waals surface area contributed by atoms with Crippen LogP contribution in [0.1, 0.15) is 50.2 Å². The Balaban J connectivity index is 1.88. The number of methoxy groups -OCH3 is 1. The molecule has 0 aliphatic heterocycles. The summed E-state index contributed by atoms with van der Waals surface area (Å²) >= 11 is 0. The fourth-order valence-electron chi connectivity index (χ4n) is 1.80. The van der Waals surface area contributed by atoms with Crippen molar-refractivity contribution in [3.63, 3.8) is 0 Å². The van der Waals surface area contributed by atoms with E-state index >= 15 is 0 Å². The molecule has 1 heterocycles. The Morgan fingerprint density at radius 2 is 2.44 bits per heavy atom. The van der Waals surface area contributed by atoms with Crippen molar-refractivity contribution in [2.24, 2.45) is 0 Å². The highest BCUT2D eigenvalue weighted by molar-refractivity contribution is 5.04. The molecule has 0 radical (unpaired) electrons. The van der Waals surface area contributed by atoms with Gasteiger partial charge in [-0.2, -0.15) is 0 Å². The minimum absolute atomic E-state index is 0.111. The summed E-state index contributed by atoms with van der Waals surface area (Å²) in [6, 6.07) is 0.737. The van der Waals surface area contributed by atoms with Crippen LogP contribution in [0.2, 0.25) is 0 Å². The Morgan fingerprint density at radius 1 is 1.62 bits per heavy atom. The maximum Gasteiger partial charge on any atom is 0.135 e. The molecule has 4 nitrogen and oxygen atoms in total. The molecule has 1 aromatic rings. The van der Waals surface area contributed by atoms with Crippen molar-refractivity contribution in [3.05, 3.63) is 17.7 Å². The van der Waals surface area contributed by atoms with Crippen molar-refractivity contribution >= 4 is 0 Å². The highest BCUT2D eigenvalue weighted by Crippen LogP contribution is 2.21. The molecule has 2 rings (SSSR count). The van der Waals surface area contributed by atoms with Crippen LogP contribution >= 0.6 is 0 Å². The van der Waals surface area contributed by atoms with Gasteiger partial charge in [0.25, 0.3) is 0 Å². The summed E-state index contributed by atoms with van der Waals surface area (Å²) in [5, 5.41) is 3.46. The van der Waals surface area contributed by atoms with Crippen molar-refractivity contribution in [2.75, 3.05) is 7.11 Å². The van der Waals surface area contributed by atoms with E-state index in [0.29, 0.717) is 0 Å². The number of aromatic amines is 1. The van der Waals surface area contributed by atoms with Gasteiger partial charge in [-0.15, -0.1) is 0 Å². The molecule has 16 heavy (non-hydrogen) atoms. The van der Waals surface area contributed by atoms with Crippen LogP contribution in [0.3, 0.4) is 0 Å². The Bertz CT molecular complexity index is 320. The summed E-state index contributed by atoms with van der Waals surface area (Å²) in [4.78, 5) is 7.72. The number of ether oxygens (including phenoxy) is 1. The third kappa shape index (κ3) is 3.06. The van der Waals surface area contributed by atoms with Crippen LogP contribution in [0, 0.1) is 0 Å². The normalized spacial score (nSPS) is 17.6. The average Bonchev–Trinajstić information content (AvgIpc) is 3.02. The molecule has 1 fully saturated rings. The quantitative estimate of drug-likeness (QED) is 0.744. The van der Waals surface area contributed by atoms with E-state index in [4.69, 9.17) is 4.74 Å². The fraction of sp³-hybridized carbons (Fsp3) is 0.750. The van der Waals surface area contributed by atoms with Gasteiger partial charge in [-0.05, 0) is 19.3 Å². The smallest absolute Gasteiger partial charge is 0.135 e. The molecule has 0 spiro atoms. The maximum absolute atomic E-state index is 5.41. The topological polar surface area (TPSA) is 49.9 Å². The van der Waals surface area contributed by atoms with Gasteiger partial charge in [0.15, 0.2) is 0 Å². The number of nitrogens with one attached hydrogen (secondary N) is 2. The van der Waals surface area contributed by atoms with Gasteiger partial charge in [-0.1, -0.05) is 13.3 Å². The van der Waals surface area contributed by atoms with Crippen LogP contribution in [0.25, 0.3) is 0 Å². The molecule has 1 aliphatic carbocycles. The molecule has 1 saturated carbocycles.